The van der Waals surface area contributed by atoms with Gasteiger partial charge in [0, 0.05) is 37.2 Å². The molecule has 0 unspecified atom stereocenters. The summed E-state index contributed by atoms with van der Waals surface area (Å²) < 4.78 is 10.4. The number of nitrogens with zero attached hydrogens (tertiary/aromatic N) is 1. The maximum absolute atomic E-state index is 12.0. The number of rotatable bonds is 3. The van der Waals surface area contributed by atoms with E-state index in [0.29, 0.717) is 22.9 Å². The van der Waals surface area contributed by atoms with Gasteiger partial charge in [0.05, 0.1) is 0 Å². The van der Waals surface area contributed by atoms with E-state index in [1.807, 2.05) is 25.1 Å². The number of carbonyl (C=O) groups is 2. The number of nitrogens with one attached hydrogen (secondary N) is 2. The first-order valence-electron chi connectivity index (χ1n) is 7.32. The van der Waals surface area contributed by atoms with Crippen molar-refractivity contribution in [1.82, 2.24) is 0 Å². The van der Waals surface area contributed by atoms with Crippen LogP contribution < -0.4 is 25.0 Å². The standard InChI is InChI=1S/C17H17N3O4/c1-20(2)13-5-3-4-11(8-13)18-16(21)17(22)19-12-6-7-14-15(9-12)24-10-23-14/h3-9H,10H2,1-2H3,(H,18,21)(H,19,22). The fourth-order valence-electron chi connectivity index (χ4n) is 2.21. The van der Waals surface area contributed by atoms with Crippen molar-refractivity contribution in [3.8, 4) is 11.5 Å². The topological polar surface area (TPSA) is 79.9 Å². The number of ether oxygens (including phenoxy) is 2. The van der Waals surface area contributed by atoms with Gasteiger partial charge < -0.3 is 25.0 Å². The fraction of sp³-hybridized carbons (Fsp3) is 0.176. The molecule has 0 bridgehead atoms. The molecule has 124 valence electrons. The smallest absolute Gasteiger partial charge is 0.314 e. The second kappa shape index (κ2) is 6.49. The van der Waals surface area contributed by atoms with Gasteiger partial charge in [-0.25, -0.2) is 0 Å². The zero-order chi connectivity index (χ0) is 17.1. The summed E-state index contributed by atoms with van der Waals surface area (Å²) in [6, 6.07) is 12.1. The molecule has 2 amide bonds. The molecule has 0 saturated heterocycles. The molecule has 0 aromatic heterocycles. The SMILES string of the molecule is CN(C)c1cccc(NC(=O)C(=O)Nc2ccc3c(c2)OCO3)c1. The molecule has 1 aliphatic rings. The third kappa shape index (κ3) is 3.40. The van der Waals surface area contributed by atoms with E-state index in [2.05, 4.69) is 10.6 Å². The maximum Gasteiger partial charge on any atom is 0.314 e. The van der Waals surface area contributed by atoms with E-state index in [1.54, 1.807) is 36.4 Å². The summed E-state index contributed by atoms with van der Waals surface area (Å²) in [4.78, 5) is 26.0. The zero-order valence-corrected chi connectivity index (χ0v) is 13.3. The van der Waals surface area contributed by atoms with E-state index < -0.39 is 11.8 Å². The highest BCUT2D eigenvalue weighted by molar-refractivity contribution is 6.43. The molecule has 0 fully saturated rings. The summed E-state index contributed by atoms with van der Waals surface area (Å²) in [5.41, 5.74) is 1.93. The first-order valence-corrected chi connectivity index (χ1v) is 7.32. The van der Waals surface area contributed by atoms with Gasteiger partial charge in [-0.3, -0.25) is 9.59 Å². The van der Waals surface area contributed by atoms with E-state index in [4.69, 9.17) is 9.47 Å². The van der Waals surface area contributed by atoms with Gasteiger partial charge in [-0.15, -0.1) is 0 Å². The van der Waals surface area contributed by atoms with Gasteiger partial charge in [0.1, 0.15) is 0 Å². The van der Waals surface area contributed by atoms with Crippen molar-refractivity contribution in [2.75, 3.05) is 36.4 Å². The van der Waals surface area contributed by atoms with Crippen LogP contribution in [0.4, 0.5) is 17.1 Å². The van der Waals surface area contributed by atoms with Gasteiger partial charge >= 0.3 is 11.8 Å². The van der Waals surface area contributed by atoms with E-state index >= 15 is 0 Å². The molecule has 0 spiro atoms. The highest BCUT2D eigenvalue weighted by Gasteiger charge is 2.17. The zero-order valence-electron chi connectivity index (χ0n) is 13.3. The van der Waals surface area contributed by atoms with Crippen molar-refractivity contribution in [2.45, 2.75) is 0 Å². The number of hydrogen-bond donors (Lipinski definition) is 2. The van der Waals surface area contributed by atoms with Crippen LogP contribution in [0.15, 0.2) is 42.5 Å². The lowest BCUT2D eigenvalue weighted by Gasteiger charge is -2.14. The Bertz CT molecular complexity index is 789. The minimum atomic E-state index is -0.760. The van der Waals surface area contributed by atoms with Gasteiger partial charge in [-0.2, -0.15) is 0 Å². The summed E-state index contributed by atoms with van der Waals surface area (Å²) in [5, 5.41) is 5.11. The van der Waals surface area contributed by atoms with E-state index in [-0.39, 0.29) is 6.79 Å². The molecule has 3 rings (SSSR count). The number of amides is 2. The van der Waals surface area contributed by atoms with Gasteiger partial charge in [-0.05, 0) is 30.3 Å². The monoisotopic (exact) mass is 327 g/mol. The summed E-state index contributed by atoms with van der Waals surface area (Å²) in [6.07, 6.45) is 0. The Balaban J connectivity index is 1.65. The average molecular weight is 327 g/mol. The van der Waals surface area contributed by atoms with E-state index in [1.165, 1.54) is 0 Å². The van der Waals surface area contributed by atoms with E-state index in [0.717, 1.165) is 5.69 Å². The average Bonchev–Trinajstić information content (AvgIpc) is 3.02. The summed E-state index contributed by atoms with van der Waals surface area (Å²) in [6.45, 7) is 0.148. The van der Waals surface area contributed by atoms with Crippen LogP contribution in [0, 0.1) is 0 Å². The Morgan fingerprint density at radius 2 is 1.58 bits per heavy atom. The molecule has 0 atom stereocenters. The summed E-state index contributed by atoms with van der Waals surface area (Å²) >= 11 is 0. The highest BCUT2D eigenvalue weighted by atomic mass is 16.7. The molecule has 24 heavy (non-hydrogen) atoms. The molecule has 0 radical (unpaired) electrons. The molecule has 2 aromatic rings. The number of hydrogen-bond acceptors (Lipinski definition) is 5. The minimum Gasteiger partial charge on any atom is -0.454 e. The maximum atomic E-state index is 12.0. The van der Waals surface area contributed by atoms with Crippen LogP contribution in [0.5, 0.6) is 11.5 Å². The molecule has 7 heteroatoms. The lowest BCUT2D eigenvalue weighted by atomic mass is 10.2. The van der Waals surface area contributed by atoms with Crippen LogP contribution in [0.2, 0.25) is 0 Å². The Labute approximate surface area is 139 Å². The predicted molar refractivity (Wildman–Crippen MR) is 90.6 cm³/mol. The third-order valence-electron chi connectivity index (χ3n) is 3.46. The minimum absolute atomic E-state index is 0.148. The van der Waals surface area contributed by atoms with Crippen LogP contribution in [-0.4, -0.2) is 32.7 Å². The number of fused-ring (bicyclic) bond motifs is 1. The van der Waals surface area contributed by atoms with E-state index in [9.17, 15) is 9.59 Å². The highest BCUT2D eigenvalue weighted by Crippen LogP contribution is 2.34. The Hall–Kier alpha value is -3.22. The lowest BCUT2D eigenvalue weighted by Crippen LogP contribution is -2.29. The van der Waals surface area contributed by atoms with Crippen molar-refractivity contribution in [1.29, 1.82) is 0 Å². The first kappa shape index (κ1) is 15.7. The normalized spacial score (nSPS) is 11.8. The number of anilines is 3. The Morgan fingerprint density at radius 1 is 0.917 bits per heavy atom. The number of carbonyl (C=O) groups excluding carboxylic acids is 2. The molecule has 1 aliphatic heterocycles. The molecule has 2 aromatic carbocycles. The number of benzene rings is 2. The molecule has 0 aliphatic carbocycles. The van der Waals surface area contributed by atoms with Crippen molar-refractivity contribution < 1.29 is 19.1 Å². The van der Waals surface area contributed by atoms with Crippen molar-refractivity contribution >= 4 is 28.9 Å². The van der Waals surface area contributed by atoms with Gasteiger partial charge in [-0.1, -0.05) is 6.07 Å². The van der Waals surface area contributed by atoms with Crippen LogP contribution in [0.1, 0.15) is 0 Å². The third-order valence-corrected chi connectivity index (χ3v) is 3.46. The van der Waals surface area contributed by atoms with Gasteiger partial charge in [0.25, 0.3) is 0 Å². The molecular formula is C17H17N3O4. The molecule has 0 saturated carbocycles. The largest absolute Gasteiger partial charge is 0.454 e. The van der Waals surface area contributed by atoms with Gasteiger partial charge in [0.15, 0.2) is 11.5 Å². The summed E-state index contributed by atoms with van der Waals surface area (Å²) in [5.74, 6) is -0.363. The molecule has 2 N–H and O–H groups in total. The lowest BCUT2D eigenvalue weighted by molar-refractivity contribution is -0.132. The molecular weight excluding hydrogens is 310 g/mol. The Morgan fingerprint density at radius 3 is 2.29 bits per heavy atom. The molecule has 7 nitrogen and oxygen atoms in total. The second-order valence-electron chi connectivity index (χ2n) is 5.42. The fourth-order valence-corrected chi connectivity index (χ4v) is 2.21. The summed E-state index contributed by atoms with van der Waals surface area (Å²) in [7, 11) is 3.79. The quantitative estimate of drug-likeness (QED) is 0.844. The van der Waals surface area contributed by atoms with Crippen LogP contribution in [0.25, 0.3) is 0 Å². The first-order chi connectivity index (χ1) is 11.5. The van der Waals surface area contributed by atoms with Crippen LogP contribution in [-0.2, 0) is 9.59 Å². The Kier molecular flexibility index (Phi) is 4.24. The predicted octanol–water partition coefficient (Wildman–Crippen LogP) is 2.06. The van der Waals surface area contributed by atoms with Crippen molar-refractivity contribution in [3.63, 3.8) is 0 Å². The van der Waals surface area contributed by atoms with Crippen LogP contribution in [0.3, 0.4) is 0 Å². The van der Waals surface area contributed by atoms with Crippen molar-refractivity contribution in [3.05, 3.63) is 42.5 Å². The van der Waals surface area contributed by atoms with Crippen molar-refractivity contribution in [2.24, 2.45) is 0 Å². The van der Waals surface area contributed by atoms with Gasteiger partial charge in [0.2, 0.25) is 6.79 Å². The van der Waals surface area contributed by atoms with Crippen LogP contribution >= 0.6 is 0 Å². The second-order valence-corrected chi connectivity index (χ2v) is 5.42. The molecule has 1 heterocycles.